The summed E-state index contributed by atoms with van der Waals surface area (Å²) in [6.07, 6.45) is -0.907. The van der Waals surface area contributed by atoms with Gasteiger partial charge in [-0.05, 0) is 13.3 Å². The zero-order chi connectivity index (χ0) is 18.2. The van der Waals surface area contributed by atoms with Crippen molar-refractivity contribution in [2.45, 2.75) is 46.3 Å². The first-order chi connectivity index (χ1) is 9.29. The van der Waals surface area contributed by atoms with E-state index in [4.69, 9.17) is 31.0 Å². The minimum atomic E-state index is -1.18. The highest BCUT2D eigenvalue weighted by Crippen LogP contribution is 1.86. The Labute approximate surface area is 122 Å². The number of rotatable bonds is 3. The molecule has 10 heteroatoms. The van der Waals surface area contributed by atoms with Gasteiger partial charge in [-0.2, -0.15) is 0 Å². The lowest BCUT2D eigenvalue weighted by Crippen LogP contribution is -2.25. The van der Waals surface area contributed by atoms with Crippen molar-refractivity contribution in [2.75, 3.05) is 0 Å². The molecule has 0 saturated carbocycles. The lowest BCUT2D eigenvalue weighted by atomic mass is 10.3. The first-order valence-electron chi connectivity index (χ1n) is 5.64. The van der Waals surface area contributed by atoms with Gasteiger partial charge in [-0.3, -0.25) is 14.4 Å². The Bertz CT molecular complexity index is 297. The molecule has 1 amide bonds. The van der Waals surface area contributed by atoms with Crippen molar-refractivity contribution in [3.8, 4) is 0 Å². The fraction of sp³-hybridized carbons (Fsp3) is 0.636. The maximum absolute atomic E-state index is 9.68. The van der Waals surface area contributed by atoms with E-state index in [9.17, 15) is 14.4 Å². The smallest absolute Gasteiger partial charge is 0.332 e. The molecular weight excluding hydrogens is 288 g/mol. The Morgan fingerprint density at radius 2 is 1.19 bits per heavy atom. The molecule has 0 aromatic heterocycles. The van der Waals surface area contributed by atoms with Gasteiger partial charge in [0.05, 0.1) is 0 Å². The molecule has 8 N–H and O–H groups in total. The molecule has 0 saturated heterocycles. The highest BCUT2D eigenvalue weighted by molar-refractivity contribution is 5.72. The minimum Gasteiger partial charge on any atom is -0.481 e. The van der Waals surface area contributed by atoms with Crippen molar-refractivity contribution in [1.29, 1.82) is 0 Å². The van der Waals surface area contributed by atoms with E-state index in [1.54, 1.807) is 6.92 Å². The number of amides is 1. The van der Waals surface area contributed by atoms with Crippen molar-refractivity contribution in [1.82, 2.24) is 0 Å². The number of nitrogens with two attached hydrogens (primary N) is 2. The SMILES string of the molecule is CC(=O)O.CC(N)=O.CCC(O)C(=O)O.C[C@H](N)C(=O)O. The van der Waals surface area contributed by atoms with Gasteiger partial charge in [0.1, 0.15) is 6.04 Å². The Balaban J connectivity index is -0.0000000948. The number of carbonyl (C=O) groups is 4. The van der Waals surface area contributed by atoms with E-state index in [0.717, 1.165) is 6.92 Å². The van der Waals surface area contributed by atoms with E-state index in [1.165, 1.54) is 13.8 Å². The van der Waals surface area contributed by atoms with Crippen LogP contribution in [-0.2, 0) is 19.2 Å². The van der Waals surface area contributed by atoms with Crippen LogP contribution in [0.3, 0.4) is 0 Å². The van der Waals surface area contributed by atoms with Crippen molar-refractivity contribution in [3.63, 3.8) is 0 Å². The van der Waals surface area contributed by atoms with E-state index in [2.05, 4.69) is 5.73 Å². The van der Waals surface area contributed by atoms with Gasteiger partial charge in [-0.1, -0.05) is 6.92 Å². The quantitative estimate of drug-likeness (QED) is 0.371. The molecule has 126 valence electrons. The molecule has 0 bridgehead atoms. The summed E-state index contributed by atoms with van der Waals surface area (Å²) in [6.45, 7) is 5.42. The maximum atomic E-state index is 9.68. The molecule has 0 aliphatic carbocycles. The molecule has 0 aliphatic heterocycles. The highest BCUT2D eigenvalue weighted by atomic mass is 16.4. The first-order valence-corrected chi connectivity index (χ1v) is 5.64. The zero-order valence-corrected chi connectivity index (χ0v) is 12.4. The molecule has 0 spiro atoms. The largest absolute Gasteiger partial charge is 0.481 e. The summed E-state index contributed by atoms with van der Waals surface area (Å²) in [4.78, 5) is 37.5. The van der Waals surface area contributed by atoms with Crippen LogP contribution in [0.4, 0.5) is 0 Å². The predicted octanol–water partition coefficient (Wildman–Crippen LogP) is -1.16. The highest BCUT2D eigenvalue weighted by Gasteiger charge is 2.07. The monoisotopic (exact) mass is 312 g/mol. The Hall–Kier alpha value is -2.20. The third kappa shape index (κ3) is 73.0. The van der Waals surface area contributed by atoms with E-state index in [1.807, 2.05) is 0 Å². The summed E-state index contributed by atoms with van der Waals surface area (Å²) in [5.74, 6) is -3.28. The van der Waals surface area contributed by atoms with Crippen LogP contribution in [0.5, 0.6) is 0 Å². The topological polar surface area (TPSA) is 201 Å². The molecule has 0 fully saturated rings. The summed E-state index contributed by atoms with van der Waals surface area (Å²) in [5.41, 5.74) is 9.31. The van der Waals surface area contributed by atoms with E-state index in [0.29, 0.717) is 0 Å². The Kier molecular flexibility index (Phi) is 23.1. The van der Waals surface area contributed by atoms with Gasteiger partial charge < -0.3 is 31.9 Å². The number of carboxylic acid groups (broad SMARTS) is 3. The molecule has 0 aliphatic rings. The zero-order valence-electron chi connectivity index (χ0n) is 12.4. The summed E-state index contributed by atoms with van der Waals surface area (Å²) >= 11 is 0. The van der Waals surface area contributed by atoms with Gasteiger partial charge in [0, 0.05) is 13.8 Å². The molecule has 0 radical (unpaired) electrons. The molecule has 1 unspecified atom stereocenters. The fourth-order valence-electron chi connectivity index (χ4n) is 0.175. The van der Waals surface area contributed by atoms with Crippen molar-refractivity contribution in [3.05, 3.63) is 0 Å². The molecule has 0 aromatic carbocycles. The molecule has 10 nitrogen and oxygen atoms in total. The van der Waals surface area contributed by atoms with Gasteiger partial charge in [-0.15, -0.1) is 0 Å². The van der Waals surface area contributed by atoms with E-state index < -0.39 is 30.1 Å². The molecule has 0 heterocycles. The van der Waals surface area contributed by atoms with Crippen LogP contribution in [0.25, 0.3) is 0 Å². The van der Waals surface area contributed by atoms with Crippen LogP contribution in [-0.4, -0.2) is 56.4 Å². The number of aliphatic hydroxyl groups is 1. The second-order valence-corrected chi connectivity index (χ2v) is 3.52. The van der Waals surface area contributed by atoms with Crippen molar-refractivity contribution < 1.29 is 39.6 Å². The van der Waals surface area contributed by atoms with Crippen LogP contribution in [0.1, 0.15) is 34.1 Å². The summed E-state index contributed by atoms with van der Waals surface area (Å²) in [6, 6.07) is -0.731. The third-order valence-corrected chi connectivity index (χ3v) is 1.06. The van der Waals surface area contributed by atoms with Crippen LogP contribution < -0.4 is 11.5 Å². The van der Waals surface area contributed by atoms with Crippen LogP contribution in [0.15, 0.2) is 0 Å². The first kappa shape index (κ1) is 27.2. The normalized spacial score (nSPS) is 10.8. The Morgan fingerprint density at radius 3 is 1.19 bits per heavy atom. The third-order valence-electron chi connectivity index (χ3n) is 1.06. The van der Waals surface area contributed by atoms with E-state index in [-0.39, 0.29) is 12.3 Å². The number of carbonyl (C=O) groups excluding carboxylic acids is 1. The molecule has 0 rings (SSSR count). The fourth-order valence-corrected chi connectivity index (χ4v) is 0.175. The van der Waals surface area contributed by atoms with Gasteiger partial charge >= 0.3 is 11.9 Å². The van der Waals surface area contributed by atoms with Crippen molar-refractivity contribution >= 4 is 23.8 Å². The molecule has 0 aromatic rings. The number of hydrogen-bond donors (Lipinski definition) is 6. The van der Waals surface area contributed by atoms with Gasteiger partial charge in [0.25, 0.3) is 5.97 Å². The second kappa shape index (κ2) is 17.8. The summed E-state index contributed by atoms with van der Waals surface area (Å²) < 4.78 is 0. The van der Waals surface area contributed by atoms with Crippen LogP contribution in [0, 0.1) is 0 Å². The maximum Gasteiger partial charge on any atom is 0.332 e. The second-order valence-electron chi connectivity index (χ2n) is 3.52. The van der Waals surface area contributed by atoms with E-state index >= 15 is 0 Å². The predicted molar refractivity (Wildman–Crippen MR) is 73.4 cm³/mol. The van der Waals surface area contributed by atoms with Gasteiger partial charge in [-0.25, -0.2) is 4.79 Å². The number of aliphatic hydroxyl groups excluding tert-OH is 1. The number of hydrogen-bond acceptors (Lipinski definition) is 6. The number of carboxylic acids is 3. The summed E-state index contributed by atoms with van der Waals surface area (Å²) in [5, 5.41) is 31.6. The van der Waals surface area contributed by atoms with Crippen LogP contribution >= 0.6 is 0 Å². The minimum absolute atomic E-state index is 0.273. The summed E-state index contributed by atoms with van der Waals surface area (Å²) in [7, 11) is 0. The average Bonchev–Trinajstić information content (AvgIpc) is 2.26. The van der Waals surface area contributed by atoms with Crippen LogP contribution in [0.2, 0.25) is 0 Å². The van der Waals surface area contributed by atoms with Gasteiger partial charge in [0.2, 0.25) is 5.91 Å². The van der Waals surface area contributed by atoms with Gasteiger partial charge in [0.15, 0.2) is 6.10 Å². The Morgan fingerprint density at radius 1 is 1.00 bits per heavy atom. The standard InChI is InChI=1S/C4H8O3.C3H7NO2.C2H5NO.C2H4O2/c1-2-3(5)4(6)7;1-2(4)3(5)6;2*1-2(3)4/h3,5H,2H2,1H3,(H,6,7);2H,4H2,1H3,(H,5,6);1H3,(H2,3,4);1H3,(H,3,4)/t;2-;;/m.0../s1. The molecule has 2 atom stereocenters. The average molecular weight is 312 g/mol. The number of aliphatic carboxylic acids is 3. The number of primary amides is 1. The molecular formula is C11H24N2O8. The lowest BCUT2D eigenvalue weighted by molar-refractivity contribution is -0.146. The molecule has 21 heavy (non-hydrogen) atoms. The lowest BCUT2D eigenvalue weighted by Gasteiger charge is -1.95. The van der Waals surface area contributed by atoms with Crippen molar-refractivity contribution in [2.24, 2.45) is 11.5 Å².